The van der Waals surface area contributed by atoms with Gasteiger partial charge in [-0.2, -0.15) is 0 Å². The van der Waals surface area contributed by atoms with E-state index in [4.69, 9.17) is 9.47 Å². The van der Waals surface area contributed by atoms with E-state index in [0.29, 0.717) is 19.8 Å². The van der Waals surface area contributed by atoms with Crippen LogP contribution >= 0.6 is 24.8 Å². The largest absolute Gasteiger partial charge is 0.378 e. The number of nitrogens with one attached hydrogen (secondary N) is 2. The molecule has 0 saturated carbocycles. The first-order valence-electron chi connectivity index (χ1n) is 9.14. The van der Waals surface area contributed by atoms with Crippen molar-refractivity contribution in [2.75, 3.05) is 32.8 Å². The fourth-order valence-electron chi connectivity index (χ4n) is 3.48. The quantitative estimate of drug-likeness (QED) is 0.760. The van der Waals surface area contributed by atoms with Crippen LogP contribution in [0.4, 0.5) is 0 Å². The third kappa shape index (κ3) is 7.56. The smallest absolute Gasteiger partial charge is 0.239 e. The highest BCUT2D eigenvalue weighted by molar-refractivity contribution is 5.85. The van der Waals surface area contributed by atoms with Gasteiger partial charge in [-0.3, -0.25) is 9.69 Å². The molecule has 6 nitrogen and oxygen atoms in total. The highest BCUT2D eigenvalue weighted by Gasteiger charge is 2.22. The van der Waals surface area contributed by atoms with Crippen molar-refractivity contribution >= 4 is 30.7 Å². The molecular formula is C19H31Cl2N3O3. The molecule has 2 heterocycles. The van der Waals surface area contributed by atoms with Gasteiger partial charge in [0.05, 0.1) is 25.4 Å². The Kier molecular flexibility index (Phi) is 10.6. The number of carbonyl (C=O) groups is 1. The van der Waals surface area contributed by atoms with Crippen molar-refractivity contribution in [3.63, 3.8) is 0 Å². The third-order valence-corrected chi connectivity index (χ3v) is 4.63. The minimum Gasteiger partial charge on any atom is -0.378 e. The summed E-state index contributed by atoms with van der Waals surface area (Å²) in [4.78, 5) is 14.5. The average Bonchev–Trinajstić information content (AvgIpc) is 2.61. The third-order valence-electron chi connectivity index (χ3n) is 4.63. The van der Waals surface area contributed by atoms with Crippen LogP contribution in [-0.2, 0) is 27.4 Å². The molecule has 2 aliphatic heterocycles. The minimum absolute atomic E-state index is 0. The number of morpholine rings is 2. The van der Waals surface area contributed by atoms with Gasteiger partial charge in [-0.15, -0.1) is 24.8 Å². The van der Waals surface area contributed by atoms with Crippen LogP contribution < -0.4 is 10.6 Å². The first kappa shape index (κ1) is 24.1. The van der Waals surface area contributed by atoms with E-state index in [1.807, 2.05) is 0 Å². The van der Waals surface area contributed by atoms with Crippen LogP contribution in [0, 0.1) is 0 Å². The van der Waals surface area contributed by atoms with E-state index in [1.165, 1.54) is 5.56 Å². The molecule has 3 rings (SSSR count). The fourth-order valence-corrected chi connectivity index (χ4v) is 3.48. The maximum Gasteiger partial charge on any atom is 0.239 e. The van der Waals surface area contributed by atoms with Gasteiger partial charge in [0.2, 0.25) is 5.91 Å². The molecular weight excluding hydrogens is 389 g/mol. The summed E-state index contributed by atoms with van der Waals surface area (Å²) in [5.41, 5.74) is 2.40. The van der Waals surface area contributed by atoms with Crippen LogP contribution in [0.1, 0.15) is 25.0 Å². The van der Waals surface area contributed by atoms with Crippen LogP contribution in [-0.4, -0.2) is 61.9 Å². The summed E-state index contributed by atoms with van der Waals surface area (Å²) in [5.74, 6) is 0.0000634. The normalized spacial score (nSPS) is 25.8. The Balaban J connectivity index is 0.00000182. The summed E-state index contributed by atoms with van der Waals surface area (Å²) in [5, 5.41) is 6.14. The SMILES string of the molecule is CC1CN(Cc2ccc(CNC(=O)C3COCCN3)cc2)CC(C)O1.Cl.Cl. The van der Waals surface area contributed by atoms with Crippen molar-refractivity contribution in [1.29, 1.82) is 0 Å². The predicted molar refractivity (Wildman–Crippen MR) is 111 cm³/mol. The van der Waals surface area contributed by atoms with E-state index in [1.54, 1.807) is 0 Å². The van der Waals surface area contributed by atoms with Crippen LogP contribution in [0.3, 0.4) is 0 Å². The maximum absolute atomic E-state index is 12.1. The monoisotopic (exact) mass is 419 g/mol. The summed E-state index contributed by atoms with van der Waals surface area (Å²) in [6.07, 6.45) is 0.575. The summed E-state index contributed by atoms with van der Waals surface area (Å²) >= 11 is 0. The Morgan fingerprint density at radius 1 is 1.15 bits per heavy atom. The van der Waals surface area contributed by atoms with Crippen molar-refractivity contribution in [3.8, 4) is 0 Å². The molecule has 0 aliphatic carbocycles. The topological polar surface area (TPSA) is 62.8 Å². The first-order valence-corrected chi connectivity index (χ1v) is 9.14. The molecule has 8 heteroatoms. The Bertz CT molecular complexity index is 558. The molecule has 0 spiro atoms. The Morgan fingerprint density at radius 2 is 1.78 bits per heavy atom. The molecule has 1 aromatic carbocycles. The molecule has 3 unspecified atom stereocenters. The van der Waals surface area contributed by atoms with E-state index < -0.39 is 0 Å². The zero-order valence-corrected chi connectivity index (χ0v) is 17.6. The molecule has 1 amide bonds. The zero-order chi connectivity index (χ0) is 17.6. The molecule has 2 fully saturated rings. The second-order valence-corrected chi connectivity index (χ2v) is 7.07. The number of halogens is 2. The lowest BCUT2D eigenvalue weighted by Crippen LogP contribution is -2.51. The molecule has 0 bridgehead atoms. The van der Waals surface area contributed by atoms with Crippen molar-refractivity contribution in [2.45, 2.75) is 45.2 Å². The number of carbonyl (C=O) groups excluding carboxylic acids is 1. The van der Waals surface area contributed by atoms with E-state index in [0.717, 1.165) is 31.7 Å². The van der Waals surface area contributed by atoms with Crippen LogP contribution in [0.25, 0.3) is 0 Å². The molecule has 0 radical (unpaired) electrons. The molecule has 3 atom stereocenters. The maximum atomic E-state index is 12.1. The summed E-state index contributed by atoms with van der Waals surface area (Å²) < 4.78 is 11.1. The van der Waals surface area contributed by atoms with E-state index in [9.17, 15) is 4.79 Å². The first-order chi connectivity index (χ1) is 12.1. The molecule has 2 N–H and O–H groups in total. The number of ether oxygens (including phenoxy) is 2. The lowest BCUT2D eigenvalue weighted by molar-refractivity contribution is -0.126. The van der Waals surface area contributed by atoms with Crippen molar-refractivity contribution in [3.05, 3.63) is 35.4 Å². The summed E-state index contributed by atoms with van der Waals surface area (Å²) in [7, 11) is 0. The number of hydrogen-bond donors (Lipinski definition) is 2. The minimum atomic E-state index is -0.238. The van der Waals surface area contributed by atoms with Gasteiger partial charge in [0.25, 0.3) is 0 Å². The highest BCUT2D eigenvalue weighted by Crippen LogP contribution is 2.14. The molecule has 0 aromatic heterocycles. The van der Waals surface area contributed by atoms with E-state index in [-0.39, 0.29) is 49.0 Å². The van der Waals surface area contributed by atoms with E-state index >= 15 is 0 Å². The number of benzene rings is 1. The average molecular weight is 420 g/mol. The number of rotatable bonds is 5. The Morgan fingerprint density at radius 3 is 2.37 bits per heavy atom. The van der Waals surface area contributed by atoms with Gasteiger partial charge in [0.15, 0.2) is 0 Å². The van der Waals surface area contributed by atoms with Crippen LogP contribution in [0.5, 0.6) is 0 Å². The zero-order valence-electron chi connectivity index (χ0n) is 16.0. The summed E-state index contributed by atoms with van der Waals surface area (Å²) in [6, 6.07) is 8.24. The van der Waals surface area contributed by atoms with Gasteiger partial charge in [-0.1, -0.05) is 24.3 Å². The molecule has 154 valence electrons. The van der Waals surface area contributed by atoms with Gasteiger partial charge in [0, 0.05) is 32.7 Å². The number of nitrogens with zero attached hydrogens (tertiary/aromatic N) is 1. The van der Waals surface area contributed by atoms with Gasteiger partial charge < -0.3 is 20.1 Å². The van der Waals surface area contributed by atoms with Crippen LogP contribution in [0.15, 0.2) is 24.3 Å². The second-order valence-electron chi connectivity index (χ2n) is 7.07. The highest BCUT2D eigenvalue weighted by atomic mass is 35.5. The van der Waals surface area contributed by atoms with Gasteiger partial charge in [0.1, 0.15) is 6.04 Å². The molecule has 2 aliphatic rings. The molecule has 1 aromatic rings. The Labute approximate surface area is 174 Å². The molecule has 2 saturated heterocycles. The van der Waals surface area contributed by atoms with E-state index in [2.05, 4.69) is 53.6 Å². The Hall–Kier alpha value is -0.890. The van der Waals surface area contributed by atoms with Crippen molar-refractivity contribution in [1.82, 2.24) is 15.5 Å². The van der Waals surface area contributed by atoms with Gasteiger partial charge >= 0.3 is 0 Å². The second kappa shape index (κ2) is 11.8. The van der Waals surface area contributed by atoms with Crippen LogP contribution in [0.2, 0.25) is 0 Å². The summed E-state index contributed by atoms with van der Waals surface area (Å²) in [6.45, 7) is 9.52. The molecule has 27 heavy (non-hydrogen) atoms. The lowest BCUT2D eigenvalue weighted by Gasteiger charge is -2.35. The predicted octanol–water partition coefficient (Wildman–Crippen LogP) is 1.74. The van der Waals surface area contributed by atoms with Gasteiger partial charge in [-0.05, 0) is 25.0 Å². The standard InChI is InChI=1S/C19H29N3O3.2ClH/c1-14-10-22(11-15(2)25-14)12-17-5-3-16(4-6-17)9-21-19(23)18-13-24-8-7-20-18;;/h3-6,14-15,18,20H,7-13H2,1-2H3,(H,21,23);2*1H. The lowest BCUT2D eigenvalue weighted by atomic mass is 10.1. The fraction of sp³-hybridized carbons (Fsp3) is 0.632. The van der Waals surface area contributed by atoms with Crippen molar-refractivity contribution < 1.29 is 14.3 Å². The van der Waals surface area contributed by atoms with Gasteiger partial charge in [-0.25, -0.2) is 0 Å². The van der Waals surface area contributed by atoms with Crippen molar-refractivity contribution in [2.24, 2.45) is 0 Å². The number of amides is 1. The number of hydrogen-bond acceptors (Lipinski definition) is 5.